The molecule has 18 heavy (non-hydrogen) atoms. The van der Waals surface area contributed by atoms with Crippen molar-refractivity contribution in [1.82, 2.24) is 0 Å². The fraction of sp³-hybridized carbons (Fsp3) is 0.286. The highest BCUT2D eigenvalue weighted by molar-refractivity contribution is 5.73. The number of carbonyl (C=O) groups is 1. The van der Waals surface area contributed by atoms with Gasteiger partial charge in [0.15, 0.2) is 0 Å². The van der Waals surface area contributed by atoms with Gasteiger partial charge < -0.3 is 10.4 Å². The van der Waals surface area contributed by atoms with E-state index in [1.807, 2.05) is 25.1 Å². The van der Waals surface area contributed by atoms with Gasteiger partial charge in [0, 0.05) is 11.7 Å². The van der Waals surface area contributed by atoms with Gasteiger partial charge in [-0.05, 0) is 37.1 Å². The smallest absolute Gasteiger partial charge is 0.310 e. The molecule has 0 bridgehead atoms. The Balaban J connectivity index is 2.04. The van der Waals surface area contributed by atoms with Crippen molar-refractivity contribution in [3.8, 4) is 6.07 Å². The van der Waals surface area contributed by atoms with E-state index in [9.17, 15) is 4.79 Å². The average molecular weight is 242 g/mol. The monoisotopic (exact) mass is 242 g/mol. The molecule has 4 heteroatoms. The number of benzene rings is 1. The highest BCUT2D eigenvalue weighted by Gasteiger charge is 2.24. The maximum absolute atomic E-state index is 10.8. The number of rotatable bonds is 3. The minimum Gasteiger partial charge on any atom is -0.481 e. The van der Waals surface area contributed by atoms with Gasteiger partial charge in [0.25, 0.3) is 0 Å². The number of nitriles is 1. The molecule has 1 aromatic rings. The molecular weight excluding hydrogens is 228 g/mol. The summed E-state index contributed by atoms with van der Waals surface area (Å²) in [6.07, 6.45) is 4.16. The summed E-state index contributed by atoms with van der Waals surface area (Å²) < 4.78 is 0. The van der Waals surface area contributed by atoms with Gasteiger partial charge in [-0.2, -0.15) is 5.26 Å². The lowest BCUT2D eigenvalue weighted by Gasteiger charge is -2.14. The molecule has 2 N–H and O–H groups in total. The summed E-state index contributed by atoms with van der Waals surface area (Å²) in [6.45, 7) is 1.88. The Morgan fingerprint density at radius 1 is 1.50 bits per heavy atom. The molecule has 4 nitrogen and oxygen atoms in total. The molecular formula is C14H14N2O2. The predicted molar refractivity (Wildman–Crippen MR) is 68.2 cm³/mol. The lowest BCUT2D eigenvalue weighted by Crippen LogP contribution is -2.18. The molecule has 1 aliphatic carbocycles. The van der Waals surface area contributed by atoms with Gasteiger partial charge in [-0.15, -0.1) is 0 Å². The molecule has 0 amide bonds. The van der Waals surface area contributed by atoms with Gasteiger partial charge in [0.05, 0.1) is 17.6 Å². The van der Waals surface area contributed by atoms with E-state index in [1.165, 1.54) is 0 Å². The summed E-state index contributed by atoms with van der Waals surface area (Å²) in [5, 5.41) is 21.0. The van der Waals surface area contributed by atoms with E-state index in [0.29, 0.717) is 12.0 Å². The van der Waals surface area contributed by atoms with Crippen LogP contribution in [0.3, 0.4) is 0 Å². The Morgan fingerprint density at radius 2 is 2.28 bits per heavy atom. The minimum absolute atomic E-state index is 0.0402. The number of aliphatic carboxylic acids is 1. The van der Waals surface area contributed by atoms with Crippen molar-refractivity contribution in [3.63, 3.8) is 0 Å². The van der Waals surface area contributed by atoms with Gasteiger partial charge in [0.2, 0.25) is 0 Å². The zero-order valence-corrected chi connectivity index (χ0v) is 10.1. The van der Waals surface area contributed by atoms with Crippen LogP contribution in [-0.2, 0) is 4.79 Å². The molecule has 2 atom stereocenters. The molecule has 0 aromatic heterocycles. The maximum atomic E-state index is 10.8. The third kappa shape index (κ3) is 2.51. The van der Waals surface area contributed by atoms with Crippen LogP contribution in [0.5, 0.6) is 0 Å². The molecule has 0 fully saturated rings. The Hall–Kier alpha value is -2.28. The highest BCUT2D eigenvalue weighted by Crippen LogP contribution is 2.23. The van der Waals surface area contributed by atoms with E-state index >= 15 is 0 Å². The number of aryl methyl sites for hydroxylation is 1. The minimum atomic E-state index is -0.786. The lowest BCUT2D eigenvalue weighted by atomic mass is 10.1. The zero-order valence-electron chi connectivity index (χ0n) is 10.1. The zero-order chi connectivity index (χ0) is 13.1. The van der Waals surface area contributed by atoms with Crippen molar-refractivity contribution in [2.75, 3.05) is 5.32 Å². The number of hydrogen-bond acceptors (Lipinski definition) is 3. The van der Waals surface area contributed by atoms with Crippen LogP contribution in [0.1, 0.15) is 17.5 Å². The molecule has 1 aromatic carbocycles. The first-order chi connectivity index (χ1) is 8.60. The lowest BCUT2D eigenvalue weighted by molar-refractivity contribution is -0.140. The molecule has 0 spiro atoms. The van der Waals surface area contributed by atoms with E-state index in [-0.39, 0.29) is 6.04 Å². The number of carboxylic acid groups (broad SMARTS) is 1. The van der Waals surface area contributed by atoms with Gasteiger partial charge >= 0.3 is 5.97 Å². The summed E-state index contributed by atoms with van der Waals surface area (Å²) in [6, 6.07) is 7.67. The van der Waals surface area contributed by atoms with Crippen LogP contribution in [0.25, 0.3) is 0 Å². The molecule has 0 radical (unpaired) electrons. The van der Waals surface area contributed by atoms with Crippen molar-refractivity contribution in [3.05, 3.63) is 41.5 Å². The quantitative estimate of drug-likeness (QED) is 0.798. The van der Waals surface area contributed by atoms with Gasteiger partial charge in [-0.25, -0.2) is 0 Å². The molecule has 0 heterocycles. The molecule has 92 valence electrons. The standard InChI is InChI=1S/C14H14N2O2/c1-9-6-12(5-3-11(9)8-15)16-13-4-2-10(7-13)14(17)18/h2-6,10,13,16H,7H2,1H3,(H,17,18). The second-order valence-corrected chi connectivity index (χ2v) is 4.46. The topological polar surface area (TPSA) is 73.1 Å². The van der Waals surface area contributed by atoms with Gasteiger partial charge in [-0.3, -0.25) is 4.79 Å². The van der Waals surface area contributed by atoms with Crippen molar-refractivity contribution in [2.24, 2.45) is 5.92 Å². The van der Waals surface area contributed by atoms with Crippen LogP contribution in [0.15, 0.2) is 30.4 Å². The van der Waals surface area contributed by atoms with E-state index in [4.69, 9.17) is 10.4 Å². The van der Waals surface area contributed by atoms with Gasteiger partial charge in [0.1, 0.15) is 0 Å². The molecule has 0 saturated carbocycles. The van der Waals surface area contributed by atoms with Crippen LogP contribution in [0.2, 0.25) is 0 Å². The Morgan fingerprint density at radius 3 is 2.83 bits per heavy atom. The van der Waals surface area contributed by atoms with Crippen LogP contribution >= 0.6 is 0 Å². The molecule has 0 aliphatic heterocycles. The van der Waals surface area contributed by atoms with E-state index in [0.717, 1.165) is 11.3 Å². The first-order valence-electron chi connectivity index (χ1n) is 5.78. The maximum Gasteiger partial charge on any atom is 0.310 e. The van der Waals surface area contributed by atoms with E-state index in [2.05, 4.69) is 11.4 Å². The third-order valence-corrected chi connectivity index (χ3v) is 3.10. The third-order valence-electron chi connectivity index (χ3n) is 3.10. The SMILES string of the molecule is Cc1cc(NC2C=CC(C(=O)O)C2)ccc1C#N. The summed E-state index contributed by atoms with van der Waals surface area (Å²) in [5.41, 5.74) is 2.48. The van der Waals surface area contributed by atoms with E-state index < -0.39 is 11.9 Å². The number of nitrogens with zero attached hydrogens (tertiary/aromatic N) is 1. The average Bonchev–Trinajstić information content (AvgIpc) is 2.78. The normalized spacial score (nSPS) is 21.6. The number of carboxylic acids is 1. The Labute approximate surface area is 106 Å². The fourth-order valence-electron chi connectivity index (χ4n) is 2.08. The van der Waals surface area contributed by atoms with Crippen molar-refractivity contribution in [1.29, 1.82) is 5.26 Å². The number of anilines is 1. The van der Waals surface area contributed by atoms with Crippen molar-refractivity contribution in [2.45, 2.75) is 19.4 Å². The Bertz CT molecular complexity index is 543. The molecule has 0 saturated heterocycles. The fourth-order valence-corrected chi connectivity index (χ4v) is 2.08. The predicted octanol–water partition coefficient (Wildman–Crippen LogP) is 2.31. The second kappa shape index (κ2) is 4.92. The summed E-state index contributed by atoms with van der Waals surface area (Å²) in [5.74, 6) is -1.19. The summed E-state index contributed by atoms with van der Waals surface area (Å²) in [7, 11) is 0. The van der Waals surface area contributed by atoms with Crippen LogP contribution < -0.4 is 5.32 Å². The first-order valence-corrected chi connectivity index (χ1v) is 5.78. The van der Waals surface area contributed by atoms with E-state index in [1.54, 1.807) is 12.1 Å². The van der Waals surface area contributed by atoms with Crippen LogP contribution in [0, 0.1) is 24.2 Å². The Kier molecular flexibility index (Phi) is 3.33. The summed E-state index contributed by atoms with van der Waals surface area (Å²) in [4.78, 5) is 10.8. The summed E-state index contributed by atoms with van der Waals surface area (Å²) >= 11 is 0. The highest BCUT2D eigenvalue weighted by atomic mass is 16.4. The molecule has 2 rings (SSSR count). The first kappa shape index (κ1) is 12.2. The van der Waals surface area contributed by atoms with Crippen molar-refractivity contribution < 1.29 is 9.90 Å². The van der Waals surface area contributed by atoms with Crippen LogP contribution in [-0.4, -0.2) is 17.1 Å². The van der Waals surface area contributed by atoms with Crippen LogP contribution in [0.4, 0.5) is 5.69 Å². The number of nitrogens with one attached hydrogen (secondary N) is 1. The second-order valence-electron chi connectivity index (χ2n) is 4.46. The molecule has 1 aliphatic rings. The largest absolute Gasteiger partial charge is 0.481 e. The van der Waals surface area contributed by atoms with Crippen molar-refractivity contribution >= 4 is 11.7 Å². The number of hydrogen-bond donors (Lipinski definition) is 2. The molecule has 2 unspecified atom stereocenters. The van der Waals surface area contributed by atoms with Gasteiger partial charge in [-0.1, -0.05) is 12.2 Å².